The highest BCUT2D eigenvalue weighted by molar-refractivity contribution is 14.0. The summed E-state index contributed by atoms with van der Waals surface area (Å²) in [7, 11) is 0. The first-order valence-electron chi connectivity index (χ1n) is 11.0. The molecule has 0 aromatic rings. The van der Waals surface area contributed by atoms with Crippen molar-refractivity contribution in [3.63, 3.8) is 0 Å². The Morgan fingerprint density at radius 3 is 2.63 bits per heavy atom. The summed E-state index contributed by atoms with van der Waals surface area (Å²) in [6.07, 6.45) is 4.82. The third-order valence-corrected chi connectivity index (χ3v) is 4.26. The summed E-state index contributed by atoms with van der Waals surface area (Å²) in [6, 6.07) is -0.0555. The van der Waals surface area contributed by atoms with Crippen molar-refractivity contribution in [3.8, 4) is 0 Å². The number of rotatable bonds is 12. The molecule has 8 nitrogen and oxygen atoms in total. The number of carbonyl (C=O) groups is 1. The number of ether oxygens (including phenoxy) is 3. The monoisotopic (exact) mass is 542 g/mol. The summed E-state index contributed by atoms with van der Waals surface area (Å²) < 4.78 is 16.6. The summed E-state index contributed by atoms with van der Waals surface area (Å²) in [5.74, 6) is 0.749. The summed E-state index contributed by atoms with van der Waals surface area (Å²) >= 11 is 0. The van der Waals surface area contributed by atoms with Crippen molar-refractivity contribution in [2.24, 2.45) is 4.99 Å². The molecule has 1 rings (SSSR count). The van der Waals surface area contributed by atoms with E-state index in [4.69, 9.17) is 14.2 Å². The van der Waals surface area contributed by atoms with E-state index < -0.39 is 11.7 Å². The Hall–Kier alpha value is -0.810. The lowest BCUT2D eigenvalue weighted by Gasteiger charge is -2.23. The number of hydrogen-bond donors (Lipinski definition) is 3. The zero-order valence-corrected chi connectivity index (χ0v) is 21.8. The Labute approximate surface area is 199 Å². The van der Waals surface area contributed by atoms with Gasteiger partial charge in [-0.25, -0.2) is 4.79 Å². The molecular formula is C21H43IN4O4. The number of nitrogens with one attached hydrogen (secondary N) is 3. The van der Waals surface area contributed by atoms with Crippen molar-refractivity contribution in [1.29, 1.82) is 0 Å². The first-order valence-corrected chi connectivity index (χ1v) is 11.0. The first kappa shape index (κ1) is 29.2. The number of nitrogens with zero attached hydrogens (tertiary/aromatic N) is 1. The van der Waals surface area contributed by atoms with E-state index in [1.165, 1.54) is 0 Å². The predicted octanol–water partition coefficient (Wildman–Crippen LogP) is 3.44. The van der Waals surface area contributed by atoms with Gasteiger partial charge in [0.2, 0.25) is 0 Å². The van der Waals surface area contributed by atoms with Crippen LogP contribution in [-0.4, -0.2) is 69.3 Å². The van der Waals surface area contributed by atoms with Crippen LogP contribution in [-0.2, 0) is 14.2 Å². The van der Waals surface area contributed by atoms with Crippen molar-refractivity contribution < 1.29 is 19.0 Å². The minimum atomic E-state index is -0.507. The SMILES string of the molecule is CCCC(CN=C(NCC)NCCCOCC1CCCO1)NC(=O)OC(C)(C)C.I. The highest BCUT2D eigenvalue weighted by atomic mass is 127. The minimum absolute atomic E-state index is 0. The Kier molecular flexibility index (Phi) is 16.4. The Balaban J connectivity index is 0.00000841. The summed E-state index contributed by atoms with van der Waals surface area (Å²) in [5.41, 5.74) is -0.507. The molecule has 0 radical (unpaired) electrons. The summed E-state index contributed by atoms with van der Waals surface area (Å²) in [4.78, 5) is 16.7. The van der Waals surface area contributed by atoms with Crippen LogP contribution in [0.25, 0.3) is 0 Å². The van der Waals surface area contributed by atoms with Crippen LogP contribution >= 0.6 is 24.0 Å². The fraction of sp³-hybridized carbons (Fsp3) is 0.905. The number of guanidine groups is 1. The van der Waals surface area contributed by atoms with Gasteiger partial charge >= 0.3 is 6.09 Å². The van der Waals surface area contributed by atoms with E-state index >= 15 is 0 Å². The molecule has 0 saturated carbocycles. The van der Waals surface area contributed by atoms with E-state index in [1.54, 1.807) is 0 Å². The van der Waals surface area contributed by atoms with Crippen LogP contribution < -0.4 is 16.0 Å². The molecule has 2 atom stereocenters. The van der Waals surface area contributed by atoms with Crippen LogP contribution in [0.1, 0.15) is 66.7 Å². The summed E-state index contributed by atoms with van der Waals surface area (Å²) in [6.45, 7) is 14.0. The highest BCUT2D eigenvalue weighted by Gasteiger charge is 2.19. The lowest BCUT2D eigenvalue weighted by molar-refractivity contribution is 0.0168. The maximum Gasteiger partial charge on any atom is 0.407 e. The molecule has 1 amide bonds. The average Bonchev–Trinajstić information content (AvgIpc) is 3.14. The molecule has 9 heteroatoms. The largest absolute Gasteiger partial charge is 0.444 e. The zero-order valence-electron chi connectivity index (χ0n) is 19.4. The van der Waals surface area contributed by atoms with Crippen molar-refractivity contribution in [1.82, 2.24) is 16.0 Å². The van der Waals surface area contributed by atoms with Crippen molar-refractivity contribution in [3.05, 3.63) is 0 Å². The predicted molar refractivity (Wildman–Crippen MR) is 132 cm³/mol. The van der Waals surface area contributed by atoms with Gasteiger partial charge in [-0.15, -0.1) is 24.0 Å². The van der Waals surface area contributed by atoms with Crippen LogP contribution in [0.4, 0.5) is 4.79 Å². The third kappa shape index (κ3) is 15.1. The molecule has 0 aromatic carbocycles. The van der Waals surface area contributed by atoms with E-state index in [0.717, 1.165) is 57.8 Å². The molecule has 1 aliphatic rings. The number of alkyl carbamates (subject to hydrolysis) is 1. The lowest BCUT2D eigenvalue weighted by atomic mass is 10.1. The van der Waals surface area contributed by atoms with Crippen LogP contribution in [0.3, 0.4) is 0 Å². The molecule has 2 unspecified atom stereocenters. The smallest absolute Gasteiger partial charge is 0.407 e. The second-order valence-corrected chi connectivity index (χ2v) is 8.34. The molecule has 0 bridgehead atoms. The molecule has 0 aromatic heterocycles. The van der Waals surface area contributed by atoms with Crippen LogP contribution in [0, 0.1) is 0 Å². The van der Waals surface area contributed by atoms with Crippen molar-refractivity contribution >= 4 is 36.0 Å². The average molecular weight is 543 g/mol. The summed E-state index contributed by atoms with van der Waals surface area (Å²) in [5, 5.41) is 9.49. The van der Waals surface area contributed by atoms with Gasteiger partial charge in [-0.3, -0.25) is 4.99 Å². The number of amides is 1. The van der Waals surface area contributed by atoms with Gasteiger partial charge in [-0.2, -0.15) is 0 Å². The fourth-order valence-electron chi connectivity index (χ4n) is 2.95. The van der Waals surface area contributed by atoms with Gasteiger partial charge in [-0.1, -0.05) is 13.3 Å². The van der Waals surface area contributed by atoms with Gasteiger partial charge in [0.15, 0.2) is 5.96 Å². The highest BCUT2D eigenvalue weighted by Crippen LogP contribution is 2.11. The fourth-order valence-corrected chi connectivity index (χ4v) is 2.95. The molecule has 178 valence electrons. The van der Waals surface area contributed by atoms with Gasteiger partial charge in [0.05, 0.1) is 25.3 Å². The molecule has 1 aliphatic heterocycles. The Morgan fingerprint density at radius 2 is 2.03 bits per heavy atom. The van der Waals surface area contributed by atoms with Gasteiger partial charge in [0.1, 0.15) is 5.60 Å². The molecule has 1 saturated heterocycles. The van der Waals surface area contributed by atoms with E-state index in [-0.39, 0.29) is 36.1 Å². The van der Waals surface area contributed by atoms with Gasteiger partial charge < -0.3 is 30.2 Å². The van der Waals surface area contributed by atoms with E-state index in [1.807, 2.05) is 27.7 Å². The van der Waals surface area contributed by atoms with Crippen molar-refractivity contribution in [2.45, 2.75) is 84.5 Å². The number of halogens is 1. The maximum absolute atomic E-state index is 12.0. The topological polar surface area (TPSA) is 93.2 Å². The number of carbonyl (C=O) groups excluding carboxylic acids is 1. The van der Waals surface area contributed by atoms with E-state index in [9.17, 15) is 4.79 Å². The van der Waals surface area contributed by atoms with Crippen LogP contribution in [0.2, 0.25) is 0 Å². The second kappa shape index (κ2) is 16.8. The van der Waals surface area contributed by atoms with Gasteiger partial charge in [0.25, 0.3) is 0 Å². The van der Waals surface area contributed by atoms with E-state index in [0.29, 0.717) is 19.8 Å². The number of aliphatic imine (C=N–C) groups is 1. The molecule has 1 heterocycles. The van der Waals surface area contributed by atoms with Gasteiger partial charge in [0, 0.05) is 26.3 Å². The molecule has 0 aliphatic carbocycles. The molecule has 30 heavy (non-hydrogen) atoms. The first-order chi connectivity index (χ1) is 13.8. The standard InChI is InChI=1S/C21H42N4O4.HI/c1-6-10-17(25-20(26)29-21(3,4)5)15-24-19(22-7-2)23-12-9-13-27-16-18-11-8-14-28-18;/h17-18H,6-16H2,1-5H3,(H,25,26)(H2,22,23,24);1H. The maximum atomic E-state index is 12.0. The second-order valence-electron chi connectivity index (χ2n) is 8.34. The molecule has 3 N–H and O–H groups in total. The zero-order chi connectivity index (χ0) is 21.5. The van der Waals surface area contributed by atoms with Crippen LogP contribution in [0.15, 0.2) is 4.99 Å². The van der Waals surface area contributed by atoms with Gasteiger partial charge in [-0.05, 0) is 53.4 Å². The Bertz CT molecular complexity index is 480. The van der Waals surface area contributed by atoms with E-state index in [2.05, 4.69) is 27.9 Å². The van der Waals surface area contributed by atoms with Crippen LogP contribution in [0.5, 0.6) is 0 Å². The lowest BCUT2D eigenvalue weighted by Crippen LogP contribution is -2.42. The van der Waals surface area contributed by atoms with Crippen molar-refractivity contribution in [2.75, 3.05) is 39.5 Å². The normalized spacial score (nSPS) is 17.8. The molecule has 1 fully saturated rings. The third-order valence-electron chi connectivity index (χ3n) is 4.26. The Morgan fingerprint density at radius 1 is 1.27 bits per heavy atom. The number of hydrogen-bond acceptors (Lipinski definition) is 5. The minimum Gasteiger partial charge on any atom is -0.444 e. The quantitative estimate of drug-likeness (QED) is 0.152. The molecule has 0 spiro atoms. The molecular weight excluding hydrogens is 499 g/mol.